The van der Waals surface area contributed by atoms with Crippen LogP contribution in [-0.2, 0) is 6.54 Å². The zero-order valence-corrected chi connectivity index (χ0v) is 5.41. The summed E-state index contributed by atoms with van der Waals surface area (Å²) < 4.78 is 0. The fourth-order valence-electron chi connectivity index (χ4n) is 0.671. The van der Waals surface area contributed by atoms with Crippen molar-refractivity contribution in [3.63, 3.8) is 0 Å². The number of hydrogen-bond donors (Lipinski definition) is 0. The summed E-state index contributed by atoms with van der Waals surface area (Å²) in [5.74, 6) is 0. The lowest BCUT2D eigenvalue weighted by Crippen LogP contribution is -1.95. The fourth-order valence-corrected chi connectivity index (χ4v) is 0.671. The largest absolute Gasteiger partial charge is 0.265 e. The van der Waals surface area contributed by atoms with Gasteiger partial charge >= 0.3 is 0 Å². The predicted molar refractivity (Wildman–Crippen MR) is 36.0 cm³/mol. The second-order valence-corrected chi connectivity index (χ2v) is 1.83. The van der Waals surface area contributed by atoms with Crippen LogP contribution in [0.5, 0.6) is 0 Å². The summed E-state index contributed by atoms with van der Waals surface area (Å²) in [5.41, 5.74) is 1.22. The highest BCUT2D eigenvalue weighted by Crippen LogP contribution is 1.93. The highest BCUT2D eigenvalue weighted by atomic mass is 14.8. The van der Waals surface area contributed by atoms with E-state index in [2.05, 4.69) is 10.3 Å². The van der Waals surface area contributed by atoms with E-state index >= 15 is 0 Å². The van der Waals surface area contributed by atoms with Crippen LogP contribution >= 0.6 is 0 Å². The normalized spacial score (nSPS) is 9.44. The van der Waals surface area contributed by atoms with E-state index < -0.39 is 0 Å². The number of pyridine rings is 1. The molecular formula is C7H9N2. The van der Waals surface area contributed by atoms with Gasteiger partial charge in [-0.25, -0.2) is 5.32 Å². The first-order chi connectivity index (χ1) is 4.43. The highest BCUT2D eigenvalue weighted by Gasteiger charge is 1.85. The zero-order chi connectivity index (χ0) is 6.53. The zero-order valence-electron chi connectivity index (χ0n) is 5.41. The molecule has 47 valence electrons. The van der Waals surface area contributed by atoms with Crippen molar-refractivity contribution in [1.29, 1.82) is 0 Å². The average Bonchev–Trinajstić information content (AvgIpc) is 1.91. The molecule has 1 heterocycles. The van der Waals surface area contributed by atoms with Gasteiger partial charge in [0.05, 0.1) is 0 Å². The van der Waals surface area contributed by atoms with Crippen molar-refractivity contribution in [2.75, 3.05) is 7.05 Å². The van der Waals surface area contributed by atoms with Gasteiger partial charge in [-0.1, -0.05) is 0 Å². The molecule has 0 spiro atoms. The van der Waals surface area contributed by atoms with Crippen LogP contribution in [0.4, 0.5) is 0 Å². The van der Waals surface area contributed by atoms with E-state index in [1.165, 1.54) is 5.56 Å². The highest BCUT2D eigenvalue weighted by molar-refractivity contribution is 5.08. The fraction of sp³-hybridized carbons (Fsp3) is 0.286. The number of hydrogen-bond acceptors (Lipinski definition) is 1. The van der Waals surface area contributed by atoms with Gasteiger partial charge < -0.3 is 0 Å². The van der Waals surface area contributed by atoms with Gasteiger partial charge in [-0.05, 0) is 17.7 Å². The van der Waals surface area contributed by atoms with Gasteiger partial charge in [0.15, 0.2) is 0 Å². The molecule has 0 unspecified atom stereocenters. The van der Waals surface area contributed by atoms with Crippen molar-refractivity contribution >= 4 is 0 Å². The summed E-state index contributed by atoms with van der Waals surface area (Å²) in [4.78, 5) is 3.89. The van der Waals surface area contributed by atoms with Crippen LogP contribution in [0.2, 0.25) is 0 Å². The van der Waals surface area contributed by atoms with E-state index in [0.717, 1.165) is 6.54 Å². The Morgan fingerprint density at radius 3 is 2.67 bits per heavy atom. The number of aromatic nitrogens is 1. The molecule has 1 aromatic rings. The Labute approximate surface area is 54.9 Å². The standard InChI is InChI=1S/C7H9N2/c1-8-6-7-2-4-9-5-3-7/h2-5H,6H2,1H3. The van der Waals surface area contributed by atoms with Crippen LogP contribution in [-0.4, -0.2) is 12.0 Å². The minimum absolute atomic E-state index is 0.794. The summed E-state index contributed by atoms with van der Waals surface area (Å²) >= 11 is 0. The van der Waals surface area contributed by atoms with E-state index in [1.54, 1.807) is 19.4 Å². The number of nitrogens with zero attached hydrogens (tertiary/aromatic N) is 2. The van der Waals surface area contributed by atoms with Crippen LogP contribution in [0.15, 0.2) is 24.5 Å². The Kier molecular flexibility index (Phi) is 2.22. The molecule has 1 radical (unpaired) electrons. The molecule has 1 rings (SSSR count). The lowest BCUT2D eigenvalue weighted by atomic mass is 10.3. The van der Waals surface area contributed by atoms with Gasteiger partial charge in [-0.2, -0.15) is 0 Å². The van der Waals surface area contributed by atoms with Gasteiger partial charge in [-0.15, -0.1) is 0 Å². The first kappa shape index (κ1) is 6.23. The second kappa shape index (κ2) is 3.20. The molecule has 0 N–H and O–H groups in total. The van der Waals surface area contributed by atoms with Crippen LogP contribution in [0.3, 0.4) is 0 Å². The van der Waals surface area contributed by atoms with Crippen LogP contribution in [0, 0.1) is 0 Å². The molecule has 0 aliphatic heterocycles. The van der Waals surface area contributed by atoms with Crippen molar-refractivity contribution < 1.29 is 0 Å². The molecule has 0 atom stereocenters. The third kappa shape index (κ3) is 1.82. The van der Waals surface area contributed by atoms with E-state index in [1.807, 2.05) is 12.1 Å². The summed E-state index contributed by atoms with van der Waals surface area (Å²) in [6, 6.07) is 3.93. The van der Waals surface area contributed by atoms with Crippen LogP contribution in [0.25, 0.3) is 0 Å². The maximum atomic E-state index is 3.98. The smallest absolute Gasteiger partial charge is 0.0382 e. The molecule has 1 aromatic heterocycles. The molecule has 2 nitrogen and oxygen atoms in total. The molecule has 0 aliphatic rings. The van der Waals surface area contributed by atoms with E-state index in [-0.39, 0.29) is 0 Å². The molecule has 0 aromatic carbocycles. The topological polar surface area (TPSA) is 27.0 Å². The van der Waals surface area contributed by atoms with Crippen molar-refractivity contribution in [2.24, 2.45) is 0 Å². The maximum absolute atomic E-state index is 3.98. The van der Waals surface area contributed by atoms with Gasteiger partial charge in [-0.3, -0.25) is 4.98 Å². The summed E-state index contributed by atoms with van der Waals surface area (Å²) in [7, 11) is 1.81. The van der Waals surface area contributed by atoms with Crippen molar-refractivity contribution in [3.05, 3.63) is 30.1 Å². The molecule has 2 heteroatoms. The van der Waals surface area contributed by atoms with Crippen LogP contribution < -0.4 is 5.32 Å². The molecular weight excluding hydrogens is 112 g/mol. The van der Waals surface area contributed by atoms with Gasteiger partial charge in [0, 0.05) is 26.0 Å². The van der Waals surface area contributed by atoms with Crippen molar-refractivity contribution in [2.45, 2.75) is 6.54 Å². The van der Waals surface area contributed by atoms with Gasteiger partial charge in [0.25, 0.3) is 0 Å². The maximum Gasteiger partial charge on any atom is 0.0382 e. The monoisotopic (exact) mass is 121 g/mol. The average molecular weight is 121 g/mol. The summed E-state index contributed by atoms with van der Waals surface area (Å²) in [5, 5.41) is 3.98. The van der Waals surface area contributed by atoms with Gasteiger partial charge in [0.2, 0.25) is 0 Å². The quantitative estimate of drug-likeness (QED) is 0.569. The molecule has 0 amide bonds. The number of rotatable bonds is 2. The third-order valence-corrected chi connectivity index (χ3v) is 1.09. The van der Waals surface area contributed by atoms with Crippen molar-refractivity contribution in [1.82, 2.24) is 10.3 Å². The SMILES string of the molecule is C[N]Cc1ccncc1. The Bertz CT molecular complexity index is 160. The Hall–Kier alpha value is -0.890. The van der Waals surface area contributed by atoms with Crippen LogP contribution in [0.1, 0.15) is 5.56 Å². The first-order valence-corrected chi connectivity index (χ1v) is 2.88. The van der Waals surface area contributed by atoms with E-state index in [0.29, 0.717) is 0 Å². The van der Waals surface area contributed by atoms with E-state index in [9.17, 15) is 0 Å². The molecule has 9 heavy (non-hydrogen) atoms. The molecule has 0 fully saturated rings. The predicted octanol–water partition coefficient (Wildman–Crippen LogP) is 0.816. The van der Waals surface area contributed by atoms with Crippen molar-refractivity contribution in [3.8, 4) is 0 Å². The van der Waals surface area contributed by atoms with Gasteiger partial charge in [0.1, 0.15) is 0 Å². The Morgan fingerprint density at radius 2 is 2.11 bits per heavy atom. The molecule has 0 saturated heterocycles. The second-order valence-electron chi connectivity index (χ2n) is 1.83. The first-order valence-electron chi connectivity index (χ1n) is 2.88. The summed E-state index contributed by atoms with van der Waals surface area (Å²) in [6.45, 7) is 0.794. The van der Waals surface area contributed by atoms with E-state index in [4.69, 9.17) is 0 Å². The minimum atomic E-state index is 0.794. The lowest BCUT2D eigenvalue weighted by Gasteiger charge is -1.93. The minimum Gasteiger partial charge on any atom is -0.265 e. The third-order valence-electron chi connectivity index (χ3n) is 1.09. The lowest BCUT2D eigenvalue weighted by molar-refractivity contribution is 0.798. The Balaban J connectivity index is 2.61. The summed E-state index contributed by atoms with van der Waals surface area (Å²) in [6.07, 6.45) is 3.56. The molecule has 0 saturated carbocycles. The Morgan fingerprint density at radius 1 is 1.44 bits per heavy atom. The molecule has 0 aliphatic carbocycles. The molecule has 0 bridgehead atoms.